The Balaban J connectivity index is 2.84. The van der Waals surface area contributed by atoms with E-state index in [1.54, 1.807) is 13.0 Å². The van der Waals surface area contributed by atoms with E-state index in [0.717, 1.165) is 6.42 Å². The van der Waals surface area contributed by atoms with Gasteiger partial charge in [-0.2, -0.15) is 0 Å². The van der Waals surface area contributed by atoms with Crippen LogP contribution in [0.3, 0.4) is 0 Å². The quantitative estimate of drug-likeness (QED) is 0.839. The second kappa shape index (κ2) is 5.80. The van der Waals surface area contributed by atoms with E-state index in [2.05, 4.69) is 21.2 Å². The predicted octanol–water partition coefficient (Wildman–Crippen LogP) is 3.88. The first-order valence-electron chi connectivity index (χ1n) is 4.97. The van der Waals surface area contributed by atoms with E-state index in [-0.39, 0.29) is 11.7 Å². The normalized spacial score (nSPS) is 11.4. The molecule has 0 aromatic heterocycles. The monoisotopic (exact) mass is 285 g/mol. The summed E-state index contributed by atoms with van der Waals surface area (Å²) < 4.78 is 13.6. The second-order valence-electron chi connectivity index (χ2n) is 3.37. The Labute approximate surface area is 103 Å². The number of rotatable bonds is 3. The van der Waals surface area contributed by atoms with Crippen molar-refractivity contribution in [3.05, 3.63) is 40.1 Å². The minimum Gasteiger partial charge on any atom is -0.321 e. The van der Waals surface area contributed by atoms with Crippen LogP contribution in [0.25, 0.3) is 0 Å². The lowest BCUT2D eigenvalue weighted by molar-refractivity contribution is -0.112. The molecule has 0 saturated carbocycles. The maximum absolute atomic E-state index is 13.0. The standard InChI is InChI=1S/C12H13BrFNO/c1-3-4-8(2)12(16)15-11-7-9(14)5-6-10(11)13/h4-7H,3H2,1-2H3,(H,15,16)/b8-4-. The van der Waals surface area contributed by atoms with Gasteiger partial charge in [0.15, 0.2) is 0 Å². The molecular formula is C12H13BrFNO. The Hall–Kier alpha value is -1.16. The predicted molar refractivity (Wildman–Crippen MR) is 66.8 cm³/mol. The molecule has 0 unspecified atom stereocenters. The van der Waals surface area contributed by atoms with Crippen molar-refractivity contribution in [2.45, 2.75) is 20.3 Å². The van der Waals surface area contributed by atoms with Crippen LogP contribution in [0.1, 0.15) is 20.3 Å². The van der Waals surface area contributed by atoms with Gasteiger partial charge >= 0.3 is 0 Å². The Bertz CT molecular complexity index is 429. The molecule has 0 aliphatic heterocycles. The van der Waals surface area contributed by atoms with Crippen LogP contribution in [-0.2, 0) is 4.79 Å². The Morgan fingerprint density at radius 2 is 2.25 bits per heavy atom. The third kappa shape index (κ3) is 3.45. The van der Waals surface area contributed by atoms with Gasteiger partial charge < -0.3 is 5.32 Å². The number of anilines is 1. The molecular weight excluding hydrogens is 273 g/mol. The number of halogens is 2. The van der Waals surface area contributed by atoms with Crippen LogP contribution in [0, 0.1) is 5.82 Å². The molecule has 86 valence electrons. The fourth-order valence-corrected chi connectivity index (χ4v) is 1.56. The van der Waals surface area contributed by atoms with Crippen molar-refractivity contribution in [2.75, 3.05) is 5.32 Å². The number of carbonyl (C=O) groups is 1. The van der Waals surface area contributed by atoms with Crippen molar-refractivity contribution < 1.29 is 9.18 Å². The van der Waals surface area contributed by atoms with Crippen LogP contribution in [-0.4, -0.2) is 5.91 Å². The molecule has 0 aliphatic carbocycles. The van der Waals surface area contributed by atoms with Crippen molar-refractivity contribution in [1.82, 2.24) is 0 Å². The van der Waals surface area contributed by atoms with Gasteiger partial charge in [-0.1, -0.05) is 13.0 Å². The summed E-state index contributed by atoms with van der Waals surface area (Å²) in [7, 11) is 0. The van der Waals surface area contributed by atoms with Gasteiger partial charge in [0.05, 0.1) is 5.69 Å². The van der Waals surface area contributed by atoms with E-state index >= 15 is 0 Å². The van der Waals surface area contributed by atoms with Crippen LogP contribution in [0.2, 0.25) is 0 Å². The lowest BCUT2D eigenvalue weighted by atomic mass is 10.2. The molecule has 2 nitrogen and oxygen atoms in total. The SMILES string of the molecule is CC/C=C(/C)C(=O)Nc1cc(F)ccc1Br. The molecule has 1 N–H and O–H groups in total. The number of hydrogen-bond donors (Lipinski definition) is 1. The van der Waals surface area contributed by atoms with E-state index in [1.165, 1.54) is 12.1 Å². The summed E-state index contributed by atoms with van der Waals surface area (Å²) >= 11 is 3.25. The molecule has 0 saturated heterocycles. The highest BCUT2D eigenvalue weighted by atomic mass is 79.9. The number of allylic oxidation sites excluding steroid dienone is 1. The van der Waals surface area contributed by atoms with Crippen LogP contribution in [0.5, 0.6) is 0 Å². The van der Waals surface area contributed by atoms with Crippen LogP contribution < -0.4 is 5.32 Å². The molecule has 0 radical (unpaired) electrons. The van der Waals surface area contributed by atoms with Gasteiger partial charge in [0.25, 0.3) is 5.91 Å². The number of hydrogen-bond acceptors (Lipinski definition) is 1. The first kappa shape index (κ1) is 12.9. The first-order valence-corrected chi connectivity index (χ1v) is 5.77. The fraction of sp³-hybridized carbons (Fsp3) is 0.250. The van der Waals surface area contributed by atoms with Crippen molar-refractivity contribution in [2.24, 2.45) is 0 Å². The van der Waals surface area contributed by atoms with Gasteiger partial charge in [-0.05, 0) is 47.5 Å². The van der Waals surface area contributed by atoms with E-state index in [9.17, 15) is 9.18 Å². The van der Waals surface area contributed by atoms with Crippen LogP contribution >= 0.6 is 15.9 Å². The van der Waals surface area contributed by atoms with Crippen molar-refractivity contribution in [3.8, 4) is 0 Å². The van der Waals surface area contributed by atoms with Crippen molar-refractivity contribution in [3.63, 3.8) is 0 Å². The third-order valence-corrected chi connectivity index (χ3v) is 2.74. The highest BCUT2D eigenvalue weighted by Gasteiger charge is 2.07. The first-order chi connectivity index (χ1) is 7.54. The Morgan fingerprint density at radius 1 is 1.56 bits per heavy atom. The smallest absolute Gasteiger partial charge is 0.251 e. The highest BCUT2D eigenvalue weighted by molar-refractivity contribution is 9.10. The van der Waals surface area contributed by atoms with E-state index in [1.807, 2.05) is 13.0 Å². The summed E-state index contributed by atoms with van der Waals surface area (Å²) in [6, 6.07) is 4.17. The fourth-order valence-electron chi connectivity index (χ4n) is 1.21. The molecule has 0 atom stereocenters. The summed E-state index contributed by atoms with van der Waals surface area (Å²) in [5.41, 5.74) is 1.06. The number of carbonyl (C=O) groups excluding carboxylic acids is 1. The molecule has 1 rings (SSSR count). The summed E-state index contributed by atoms with van der Waals surface area (Å²) in [5.74, 6) is -0.594. The van der Waals surface area contributed by atoms with Crippen LogP contribution in [0.4, 0.5) is 10.1 Å². The number of nitrogens with one attached hydrogen (secondary N) is 1. The molecule has 0 bridgehead atoms. The van der Waals surface area contributed by atoms with E-state index in [0.29, 0.717) is 15.7 Å². The summed E-state index contributed by atoms with van der Waals surface area (Å²) in [4.78, 5) is 11.6. The zero-order valence-corrected chi connectivity index (χ0v) is 10.8. The van der Waals surface area contributed by atoms with Gasteiger partial charge in [-0.25, -0.2) is 4.39 Å². The minimum atomic E-state index is -0.379. The van der Waals surface area contributed by atoms with Gasteiger partial charge in [-0.3, -0.25) is 4.79 Å². The van der Waals surface area contributed by atoms with E-state index < -0.39 is 0 Å². The van der Waals surface area contributed by atoms with Gasteiger partial charge in [-0.15, -0.1) is 0 Å². The topological polar surface area (TPSA) is 29.1 Å². The molecule has 0 fully saturated rings. The Kier molecular flexibility index (Phi) is 4.68. The summed E-state index contributed by atoms with van der Waals surface area (Å²) in [6.45, 7) is 3.68. The van der Waals surface area contributed by atoms with Crippen LogP contribution in [0.15, 0.2) is 34.3 Å². The highest BCUT2D eigenvalue weighted by Crippen LogP contribution is 2.23. The molecule has 0 spiro atoms. The maximum Gasteiger partial charge on any atom is 0.251 e. The zero-order valence-electron chi connectivity index (χ0n) is 9.18. The summed E-state index contributed by atoms with van der Waals surface area (Å²) in [5, 5.41) is 2.64. The average molecular weight is 286 g/mol. The number of amides is 1. The van der Waals surface area contributed by atoms with Gasteiger partial charge in [0, 0.05) is 10.0 Å². The third-order valence-electron chi connectivity index (χ3n) is 2.05. The largest absolute Gasteiger partial charge is 0.321 e. The molecule has 1 aromatic carbocycles. The van der Waals surface area contributed by atoms with Crippen molar-refractivity contribution >= 4 is 27.5 Å². The molecule has 4 heteroatoms. The second-order valence-corrected chi connectivity index (χ2v) is 4.23. The molecule has 1 aromatic rings. The lowest BCUT2D eigenvalue weighted by Gasteiger charge is -2.07. The van der Waals surface area contributed by atoms with Gasteiger partial charge in [0.2, 0.25) is 0 Å². The molecule has 0 heterocycles. The minimum absolute atomic E-state index is 0.215. The Morgan fingerprint density at radius 3 is 2.88 bits per heavy atom. The molecule has 1 amide bonds. The molecule has 16 heavy (non-hydrogen) atoms. The molecule has 0 aliphatic rings. The van der Waals surface area contributed by atoms with Crippen molar-refractivity contribution in [1.29, 1.82) is 0 Å². The van der Waals surface area contributed by atoms with Gasteiger partial charge in [0.1, 0.15) is 5.82 Å². The zero-order chi connectivity index (χ0) is 12.1. The maximum atomic E-state index is 13.0. The average Bonchev–Trinajstić information content (AvgIpc) is 2.23. The van der Waals surface area contributed by atoms with E-state index in [4.69, 9.17) is 0 Å². The lowest BCUT2D eigenvalue weighted by Crippen LogP contribution is -2.13. The number of benzene rings is 1. The summed E-state index contributed by atoms with van der Waals surface area (Å²) in [6.07, 6.45) is 2.62.